The molecule has 118 valence electrons. The number of hydrogen-bond acceptors (Lipinski definition) is 7. The van der Waals surface area contributed by atoms with E-state index in [9.17, 15) is 4.79 Å². The summed E-state index contributed by atoms with van der Waals surface area (Å²) in [5, 5.41) is 9.42. The van der Waals surface area contributed by atoms with Gasteiger partial charge in [0.1, 0.15) is 9.88 Å². The van der Waals surface area contributed by atoms with Crippen LogP contribution in [0.2, 0.25) is 0 Å². The molecule has 1 amide bonds. The Hall–Kier alpha value is -2.32. The number of nitrogens with zero attached hydrogens (tertiary/aromatic N) is 3. The molecule has 3 heterocycles. The maximum Gasteiger partial charge on any atom is 0.263 e. The highest BCUT2D eigenvalue weighted by molar-refractivity contribution is 7.17. The van der Waals surface area contributed by atoms with Crippen LogP contribution in [0.5, 0.6) is 0 Å². The van der Waals surface area contributed by atoms with Crippen LogP contribution in [0.15, 0.2) is 36.1 Å². The average Bonchev–Trinajstić information content (AvgIpc) is 3.25. The van der Waals surface area contributed by atoms with Crippen molar-refractivity contribution in [1.82, 2.24) is 20.3 Å². The van der Waals surface area contributed by atoms with Gasteiger partial charge in [0.2, 0.25) is 0 Å². The van der Waals surface area contributed by atoms with E-state index >= 15 is 0 Å². The van der Waals surface area contributed by atoms with Crippen LogP contribution < -0.4 is 10.6 Å². The van der Waals surface area contributed by atoms with E-state index < -0.39 is 0 Å². The van der Waals surface area contributed by atoms with Crippen LogP contribution in [0.4, 0.5) is 5.13 Å². The van der Waals surface area contributed by atoms with Crippen LogP contribution in [0.1, 0.15) is 27.6 Å². The van der Waals surface area contributed by atoms with Crippen molar-refractivity contribution in [2.24, 2.45) is 0 Å². The van der Waals surface area contributed by atoms with E-state index in [4.69, 9.17) is 0 Å². The van der Waals surface area contributed by atoms with Gasteiger partial charge in [0.15, 0.2) is 5.13 Å². The predicted octanol–water partition coefficient (Wildman–Crippen LogP) is 3.19. The molecule has 0 fully saturated rings. The van der Waals surface area contributed by atoms with Gasteiger partial charge < -0.3 is 10.6 Å². The Bertz CT molecular complexity index is 799. The van der Waals surface area contributed by atoms with Crippen LogP contribution in [-0.2, 0) is 0 Å². The van der Waals surface area contributed by atoms with Gasteiger partial charge in [-0.1, -0.05) is 11.3 Å². The second kappa shape index (κ2) is 6.84. The van der Waals surface area contributed by atoms with Crippen molar-refractivity contribution in [3.63, 3.8) is 0 Å². The average molecular weight is 345 g/mol. The number of carbonyl (C=O) groups is 1. The minimum absolute atomic E-state index is 0.144. The van der Waals surface area contributed by atoms with Crippen LogP contribution in [0.3, 0.4) is 0 Å². The summed E-state index contributed by atoms with van der Waals surface area (Å²) in [6.45, 7) is 1.92. The Labute approximate surface area is 141 Å². The van der Waals surface area contributed by atoms with Gasteiger partial charge >= 0.3 is 0 Å². The molecule has 0 aliphatic rings. The zero-order valence-corrected chi connectivity index (χ0v) is 14.2. The third kappa shape index (κ3) is 3.54. The van der Waals surface area contributed by atoms with Crippen molar-refractivity contribution < 1.29 is 4.79 Å². The molecular weight excluding hydrogens is 330 g/mol. The van der Waals surface area contributed by atoms with E-state index in [1.165, 1.54) is 22.7 Å². The van der Waals surface area contributed by atoms with Crippen molar-refractivity contribution in [1.29, 1.82) is 0 Å². The molecule has 0 radical (unpaired) electrons. The van der Waals surface area contributed by atoms with Gasteiger partial charge in [-0.2, -0.15) is 0 Å². The lowest BCUT2D eigenvalue weighted by atomic mass is 10.2. The first kappa shape index (κ1) is 15.6. The predicted molar refractivity (Wildman–Crippen MR) is 92.9 cm³/mol. The van der Waals surface area contributed by atoms with Crippen molar-refractivity contribution in [2.45, 2.75) is 13.0 Å². The molecule has 1 unspecified atom stereocenters. The Morgan fingerprint density at radius 1 is 1.35 bits per heavy atom. The molecule has 3 rings (SSSR count). The zero-order chi connectivity index (χ0) is 16.2. The Morgan fingerprint density at radius 3 is 2.91 bits per heavy atom. The number of aromatic nitrogens is 3. The molecule has 2 N–H and O–H groups in total. The maximum atomic E-state index is 12.2. The monoisotopic (exact) mass is 345 g/mol. The molecule has 3 aromatic rings. The van der Waals surface area contributed by atoms with Crippen molar-refractivity contribution in [2.75, 3.05) is 12.4 Å². The molecule has 1 atom stereocenters. The summed E-state index contributed by atoms with van der Waals surface area (Å²) >= 11 is 2.84. The molecule has 0 saturated carbocycles. The quantitative estimate of drug-likeness (QED) is 0.742. The highest BCUT2D eigenvalue weighted by Gasteiger charge is 2.17. The minimum Gasteiger partial charge on any atom is -0.365 e. The Kier molecular flexibility index (Phi) is 4.63. The van der Waals surface area contributed by atoms with E-state index in [2.05, 4.69) is 25.6 Å². The molecule has 6 nitrogen and oxygen atoms in total. The summed E-state index contributed by atoms with van der Waals surface area (Å²) in [5.74, 6) is -0.144. The normalized spacial score (nSPS) is 11.9. The summed E-state index contributed by atoms with van der Waals surface area (Å²) in [6, 6.07) is 3.67. The van der Waals surface area contributed by atoms with Crippen LogP contribution in [-0.4, -0.2) is 27.9 Å². The summed E-state index contributed by atoms with van der Waals surface area (Å²) in [5.41, 5.74) is 1.84. The van der Waals surface area contributed by atoms with Crippen LogP contribution >= 0.6 is 22.7 Å². The molecule has 0 saturated heterocycles. The lowest BCUT2D eigenvalue weighted by Crippen LogP contribution is -2.25. The number of amides is 1. The summed E-state index contributed by atoms with van der Waals surface area (Å²) in [4.78, 5) is 25.6. The van der Waals surface area contributed by atoms with E-state index in [-0.39, 0.29) is 11.9 Å². The van der Waals surface area contributed by atoms with E-state index in [1.807, 2.05) is 24.4 Å². The van der Waals surface area contributed by atoms with Crippen molar-refractivity contribution in [3.05, 3.63) is 46.0 Å². The van der Waals surface area contributed by atoms with E-state index in [1.54, 1.807) is 25.6 Å². The summed E-state index contributed by atoms with van der Waals surface area (Å²) in [7, 11) is 1.78. The van der Waals surface area contributed by atoms with Crippen LogP contribution in [0.25, 0.3) is 11.3 Å². The fourth-order valence-corrected chi connectivity index (χ4v) is 3.47. The molecule has 0 aromatic carbocycles. The molecule has 0 spiro atoms. The summed E-state index contributed by atoms with van der Waals surface area (Å²) < 4.78 is 0. The van der Waals surface area contributed by atoms with Gasteiger partial charge in [-0.15, -0.1) is 11.3 Å². The van der Waals surface area contributed by atoms with Gasteiger partial charge in [0.05, 0.1) is 17.9 Å². The van der Waals surface area contributed by atoms with Gasteiger partial charge in [0, 0.05) is 30.4 Å². The summed E-state index contributed by atoms with van der Waals surface area (Å²) in [6.07, 6.45) is 5.08. The lowest BCUT2D eigenvalue weighted by Gasteiger charge is -2.09. The first-order chi connectivity index (χ1) is 11.2. The number of rotatable bonds is 5. The smallest absolute Gasteiger partial charge is 0.263 e. The fourth-order valence-electron chi connectivity index (χ4n) is 1.96. The standard InChI is InChI=1S/C15H15N5OS2/c1-9(19-13(21)12-7-18-15(16-2)23-12)14-20-11(8-22-14)10-4-3-5-17-6-10/h3-9H,1-2H3,(H,16,18)(H,19,21). The van der Waals surface area contributed by atoms with Crippen molar-refractivity contribution in [3.8, 4) is 11.3 Å². The second-order valence-corrected chi connectivity index (χ2v) is 6.71. The third-order valence-corrected chi connectivity index (χ3v) is 5.18. The molecule has 3 aromatic heterocycles. The third-order valence-electron chi connectivity index (χ3n) is 3.14. The number of anilines is 1. The number of hydrogen-bond donors (Lipinski definition) is 2. The SMILES string of the molecule is CNc1ncc(C(=O)NC(C)c2nc(-c3cccnc3)cs2)s1. The number of pyridine rings is 1. The number of thiazole rings is 2. The molecular formula is C15H15N5OS2. The van der Waals surface area contributed by atoms with E-state index in [0.29, 0.717) is 4.88 Å². The maximum absolute atomic E-state index is 12.2. The van der Waals surface area contributed by atoms with E-state index in [0.717, 1.165) is 21.4 Å². The van der Waals surface area contributed by atoms with Crippen molar-refractivity contribution >= 4 is 33.7 Å². The number of carbonyl (C=O) groups excluding carboxylic acids is 1. The largest absolute Gasteiger partial charge is 0.365 e. The van der Waals surface area contributed by atoms with Gasteiger partial charge in [-0.25, -0.2) is 9.97 Å². The number of nitrogens with one attached hydrogen (secondary N) is 2. The van der Waals surface area contributed by atoms with Gasteiger partial charge in [-0.3, -0.25) is 9.78 Å². The molecule has 0 bridgehead atoms. The Morgan fingerprint density at radius 2 is 2.22 bits per heavy atom. The highest BCUT2D eigenvalue weighted by atomic mass is 32.1. The first-order valence-electron chi connectivity index (χ1n) is 6.97. The lowest BCUT2D eigenvalue weighted by molar-refractivity contribution is 0.0943. The highest BCUT2D eigenvalue weighted by Crippen LogP contribution is 2.25. The molecule has 23 heavy (non-hydrogen) atoms. The minimum atomic E-state index is -0.168. The molecule has 0 aliphatic carbocycles. The molecule has 8 heteroatoms. The topological polar surface area (TPSA) is 79.8 Å². The molecule has 0 aliphatic heterocycles. The Balaban J connectivity index is 1.70. The fraction of sp³-hybridized carbons (Fsp3) is 0.200. The van der Waals surface area contributed by atoms with Crippen LogP contribution in [0, 0.1) is 0 Å². The van der Waals surface area contributed by atoms with Gasteiger partial charge in [-0.05, 0) is 19.1 Å². The zero-order valence-electron chi connectivity index (χ0n) is 12.6. The second-order valence-electron chi connectivity index (χ2n) is 4.79. The first-order valence-corrected chi connectivity index (χ1v) is 8.67. The van der Waals surface area contributed by atoms with Gasteiger partial charge in [0.25, 0.3) is 5.91 Å².